The molecular weight excluding hydrogens is 374 g/mol. The Morgan fingerprint density at radius 2 is 1.79 bits per heavy atom. The van der Waals surface area contributed by atoms with Crippen LogP contribution in [0.1, 0.15) is 43.7 Å². The summed E-state index contributed by atoms with van der Waals surface area (Å²) in [6, 6.07) is 5.82. The maximum absolute atomic E-state index is 13.0. The van der Waals surface area contributed by atoms with Crippen molar-refractivity contribution in [3.63, 3.8) is 0 Å². The number of carbonyl (C=O) groups excluding carboxylic acids is 1. The van der Waals surface area contributed by atoms with Crippen molar-refractivity contribution in [1.29, 1.82) is 0 Å². The van der Waals surface area contributed by atoms with E-state index in [1.807, 2.05) is 26.0 Å². The Bertz CT molecular complexity index is 801. The van der Waals surface area contributed by atoms with Crippen LogP contribution < -0.4 is 5.32 Å². The average molecular weight is 408 g/mol. The van der Waals surface area contributed by atoms with Gasteiger partial charge in [0.15, 0.2) is 0 Å². The maximum atomic E-state index is 13.0. The van der Waals surface area contributed by atoms with E-state index in [-0.39, 0.29) is 11.9 Å². The minimum Gasteiger partial charge on any atom is -0.352 e. The summed E-state index contributed by atoms with van der Waals surface area (Å²) in [5, 5.41) is 3.18. The van der Waals surface area contributed by atoms with Crippen molar-refractivity contribution in [3.05, 3.63) is 29.3 Å². The number of nitrogens with one attached hydrogen (secondary N) is 1. The molecule has 1 amide bonds. The molecule has 1 saturated carbocycles. The standard InChI is InChI=1S/C21H33N3O3S/c1-16-8-9-18(3)20(14-16)28(26,27)24-12-10-23(11-13-24)15-21(25)22-19-7-5-4-6-17(19)2/h8-9,14,17,19H,4-7,10-13,15H2,1-3H3,(H,22,25)/t17-,19+/m0/s1. The summed E-state index contributed by atoms with van der Waals surface area (Å²) in [4.78, 5) is 14.9. The highest BCUT2D eigenvalue weighted by atomic mass is 32.2. The number of carbonyl (C=O) groups is 1. The molecule has 1 aromatic carbocycles. The van der Waals surface area contributed by atoms with Crippen molar-refractivity contribution in [2.75, 3.05) is 32.7 Å². The van der Waals surface area contributed by atoms with Gasteiger partial charge in [0.1, 0.15) is 0 Å². The first-order chi connectivity index (χ1) is 13.3. The van der Waals surface area contributed by atoms with Crippen molar-refractivity contribution in [2.24, 2.45) is 5.92 Å². The zero-order chi connectivity index (χ0) is 20.3. The molecule has 1 aromatic rings. The van der Waals surface area contributed by atoms with Crippen molar-refractivity contribution >= 4 is 15.9 Å². The summed E-state index contributed by atoms with van der Waals surface area (Å²) in [7, 11) is -3.49. The Labute approximate surface area is 169 Å². The van der Waals surface area contributed by atoms with Crippen LogP contribution in [0, 0.1) is 19.8 Å². The molecule has 0 spiro atoms. The lowest BCUT2D eigenvalue weighted by atomic mass is 9.86. The van der Waals surface area contributed by atoms with Crippen molar-refractivity contribution in [1.82, 2.24) is 14.5 Å². The molecule has 0 radical (unpaired) electrons. The third-order valence-corrected chi connectivity index (χ3v) is 8.16. The lowest BCUT2D eigenvalue weighted by Gasteiger charge is -2.35. The fourth-order valence-electron chi connectivity index (χ4n) is 4.24. The first kappa shape index (κ1) is 21.3. The van der Waals surface area contributed by atoms with E-state index in [9.17, 15) is 13.2 Å². The first-order valence-corrected chi connectivity index (χ1v) is 11.8. The summed E-state index contributed by atoms with van der Waals surface area (Å²) in [5.74, 6) is 0.599. The molecule has 1 aliphatic heterocycles. The van der Waals surface area contributed by atoms with Gasteiger partial charge in [0.2, 0.25) is 15.9 Å². The number of sulfonamides is 1. The average Bonchev–Trinajstić information content (AvgIpc) is 2.66. The molecule has 7 heteroatoms. The van der Waals surface area contributed by atoms with E-state index >= 15 is 0 Å². The van der Waals surface area contributed by atoms with Crippen LogP contribution in [0.25, 0.3) is 0 Å². The normalized spacial score (nSPS) is 24.8. The Balaban J connectivity index is 1.54. The quantitative estimate of drug-likeness (QED) is 0.813. The Hall–Kier alpha value is -1.44. The van der Waals surface area contributed by atoms with Gasteiger partial charge in [-0.2, -0.15) is 4.31 Å². The number of hydrogen-bond acceptors (Lipinski definition) is 4. The van der Waals surface area contributed by atoms with Crippen LogP contribution in [0.2, 0.25) is 0 Å². The minimum absolute atomic E-state index is 0.0598. The maximum Gasteiger partial charge on any atom is 0.243 e. The zero-order valence-corrected chi connectivity index (χ0v) is 18.1. The summed E-state index contributed by atoms with van der Waals surface area (Å²) in [6.07, 6.45) is 4.68. The van der Waals surface area contributed by atoms with E-state index in [4.69, 9.17) is 0 Å². The van der Waals surface area contributed by atoms with Crippen LogP contribution in [0.3, 0.4) is 0 Å². The monoisotopic (exact) mass is 407 g/mol. The molecule has 2 fully saturated rings. The van der Waals surface area contributed by atoms with Crippen LogP contribution in [0.4, 0.5) is 0 Å². The largest absolute Gasteiger partial charge is 0.352 e. The topological polar surface area (TPSA) is 69.7 Å². The van der Waals surface area contributed by atoms with Gasteiger partial charge in [0.05, 0.1) is 11.4 Å². The highest BCUT2D eigenvalue weighted by Crippen LogP contribution is 2.24. The molecule has 1 heterocycles. The summed E-state index contributed by atoms with van der Waals surface area (Å²) in [5.41, 5.74) is 1.71. The van der Waals surface area contributed by atoms with E-state index in [1.54, 1.807) is 10.4 Å². The Morgan fingerprint density at radius 1 is 1.11 bits per heavy atom. The lowest BCUT2D eigenvalue weighted by Crippen LogP contribution is -2.52. The van der Waals surface area contributed by atoms with Gasteiger partial charge in [-0.05, 0) is 49.8 Å². The van der Waals surface area contributed by atoms with Gasteiger partial charge in [0.25, 0.3) is 0 Å². The summed E-state index contributed by atoms with van der Waals surface area (Å²) >= 11 is 0. The first-order valence-electron chi connectivity index (χ1n) is 10.4. The molecular formula is C21H33N3O3S. The molecule has 156 valence electrons. The Kier molecular flexibility index (Phi) is 6.78. The minimum atomic E-state index is -3.49. The van der Waals surface area contributed by atoms with E-state index < -0.39 is 10.0 Å². The molecule has 2 atom stereocenters. The van der Waals surface area contributed by atoms with Crippen LogP contribution in [-0.2, 0) is 14.8 Å². The number of hydrogen-bond donors (Lipinski definition) is 1. The van der Waals surface area contributed by atoms with Gasteiger partial charge in [-0.1, -0.05) is 31.9 Å². The number of piperazine rings is 1. The smallest absolute Gasteiger partial charge is 0.243 e. The molecule has 0 unspecified atom stereocenters. The van der Waals surface area contributed by atoms with Crippen molar-refractivity contribution in [2.45, 2.75) is 57.4 Å². The second-order valence-corrected chi connectivity index (χ2v) is 10.3. The van der Waals surface area contributed by atoms with Crippen LogP contribution in [0.15, 0.2) is 23.1 Å². The molecule has 1 N–H and O–H groups in total. The molecule has 6 nitrogen and oxygen atoms in total. The van der Waals surface area contributed by atoms with Crippen molar-refractivity contribution in [3.8, 4) is 0 Å². The molecule has 28 heavy (non-hydrogen) atoms. The summed E-state index contributed by atoms with van der Waals surface area (Å²) < 4.78 is 27.6. The van der Waals surface area contributed by atoms with Crippen molar-refractivity contribution < 1.29 is 13.2 Å². The lowest BCUT2D eigenvalue weighted by molar-refractivity contribution is -0.123. The van der Waals surface area contributed by atoms with Crippen LogP contribution in [-0.4, -0.2) is 62.3 Å². The predicted octanol–water partition coefficient (Wildman–Crippen LogP) is 2.30. The molecule has 3 rings (SSSR count). The van der Waals surface area contributed by atoms with Gasteiger partial charge >= 0.3 is 0 Å². The van der Waals surface area contributed by atoms with Crippen LogP contribution in [0.5, 0.6) is 0 Å². The van der Waals surface area contributed by atoms with E-state index in [0.717, 1.165) is 17.5 Å². The number of rotatable bonds is 5. The highest BCUT2D eigenvalue weighted by Gasteiger charge is 2.30. The molecule has 0 bridgehead atoms. The Morgan fingerprint density at radius 3 is 2.46 bits per heavy atom. The van der Waals surface area contributed by atoms with Gasteiger partial charge in [0, 0.05) is 32.2 Å². The number of benzene rings is 1. The van der Waals surface area contributed by atoms with Gasteiger partial charge < -0.3 is 5.32 Å². The number of nitrogens with zero attached hydrogens (tertiary/aromatic N) is 2. The molecule has 0 aromatic heterocycles. The van der Waals surface area contributed by atoms with Gasteiger partial charge in [-0.25, -0.2) is 8.42 Å². The summed E-state index contributed by atoms with van der Waals surface area (Å²) in [6.45, 7) is 8.30. The molecule has 1 saturated heterocycles. The van der Waals surface area contributed by atoms with Gasteiger partial charge in [-0.3, -0.25) is 9.69 Å². The van der Waals surface area contributed by atoms with E-state index in [1.165, 1.54) is 19.3 Å². The fraction of sp³-hybridized carbons (Fsp3) is 0.667. The fourth-order valence-corrected chi connectivity index (χ4v) is 5.97. The SMILES string of the molecule is Cc1ccc(C)c(S(=O)(=O)N2CCN(CC(=O)N[C@@H]3CCCC[C@@H]3C)CC2)c1. The van der Waals surface area contributed by atoms with E-state index in [2.05, 4.69) is 17.1 Å². The van der Waals surface area contributed by atoms with Crippen LogP contribution >= 0.6 is 0 Å². The molecule has 2 aliphatic rings. The number of amides is 1. The highest BCUT2D eigenvalue weighted by molar-refractivity contribution is 7.89. The zero-order valence-electron chi connectivity index (χ0n) is 17.3. The second kappa shape index (κ2) is 8.93. The third-order valence-electron chi connectivity index (χ3n) is 6.12. The molecule has 1 aliphatic carbocycles. The second-order valence-electron chi connectivity index (χ2n) is 8.38. The van der Waals surface area contributed by atoms with Gasteiger partial charge in [-0.15, -0.1) is 0 Å². The van der Waals surface area contributed by atoms with E-state index in [0.29, 0.717) is 43.5 Å². The number of aryl methyl sites for hydroxylation is 2. The third kappa shape index (κ3) is 4.93. The predicted molar refractivity (Wildman–Crippen MR) is 111 cm³/mol.